The van der Waals surface area contributed by atoms with Crippen molar-refractivity contribution in [2.24, 2.45) is 0 Å². The van der Waals surface area contributed by atoms with Crippen LogP contribution in [0, 0.1) is 0 Å². The summed E-state index contributed by atoms with van der Waals surface area (Å²) in [5.41, 5.74) is 0.430. The number of ether oxygens (including phenoxy) is 1. The van der Waals surface area contributed by atoms with Crippen molar-refractivity contribution in [2.75, 3.05) is 44.7 Å². The van der Waals surface area contributed by atoms with Crippen LogP contribution < -0.4 is 32.1 Å². The number of unbranched alkanes of at least 4 members (excludes halogenated alkanes) is 3. The molecule has 0 aromatic heterocycles. The summed E-state index contributed by atoms with van der Waals surface area (Å²) < 4.78 is 6.69. The molecule has 1 heterocycles. The Labute approximate surface area is 193 Å². The molecule has 1 aromatic rings. The second kappa shape index (κ2) is 17.4. The van der Waals surface area contributed by atoms with Gasteiger partial charge < -0.3 is 46.5 Å². The van der Waals surface area contributed by atoms with E-state index in [9.17, 15) is 9.90 Å². The number of aliphatic hydroxyl groups excluding tert-OH is 1. The Bertz CT molecular complexity index is 560. The van der Waals surface area contributed by atoms with Crippen LogP contribution in [0.4, 0.5) is 10.5 Å². The third-order valence-electron chi connectivity index (χ3n) is 5.45. The number of halogens is 1. The Morgan fingerprint density at radius 1 is 1.07 bits per heavy atom. The summed E-state index contributed by atoms with van der Waals surface area (Å²) in [4.78, 5) is 10.4. The van der Waals surface area contributed by atoms with Gasteiger partial charge in [-0.1, -0.05) is 45.2 Å². The van der Waals surface area contributed by atoms with E-state index >= 15 is 0 Å². The van der Waals surface area contributed by atoms with E-state index in [0.29, 0.717) is 24.7 Å². The van der Waals surface area contributed by atoms with Gasteiger partial charge in [0.2, 0.25) is 0 Å². The molecule has 174 valence electrons. The number of aliphatic hydroxyl groups is 1. The molecule has 0 spiro atoms. The number of nitrogens with zero attached hydrogens (tertiary/aromatic N) is 1. The fourth-order valence-corrected chi connectivity index (χ4v) is 3.79. The summed E-state index contributed by atoms with van der Waals surface area (Å²) in [5.74, 6) is 0.544. The normalized spacial score (nSPS) is 14.6. The summed E-state index contributed by atoms with van der Waals surface area (Å²) in [6.07, 6.45) is 8.61. The van der Waals surface area contributed by atoms with Crippen molar-refractivity contribution in [3.8, 4) is 5.75 Å². The van der Waals surface area contributed by atoms with Gasteiger partial charge in [0, 0.05) is 0 Å². The van der Waals surface area contributed by atoms with Crippen LogP contribution in [0.3, 0.4) is 0 Å². The maximum absolute atomic E-state index is 10.4. The molecular weight excluding hydrogens is 448 g/mol. The quantitative estimate of drug-likeness (QED) is 0.357. The summed E-state index contributed by atoms with van der Waals surface area (Å²) in [5, 5.41) is 21.7. The van der Waals surface area contributed by atoms with Crippen LogP contribution in [-0.4, -0.2) is 55.1 Å². The predicted octanol–water partition coefficient (Wildman–Crippen LogP) is 0.794. The molecule has 30 heavy (non-hydrogen) atoms. The number of carbonyl (C=O) groups excluding carboxylic acids is 1. The smallest absolute Gasteiger partial charge is 0.142 e. The van der Waals surface area contributed by atoms with Crippen molar-refractivity contribution in [1.29, 1.82) is 0 Å². The molecule has 0 aliphatic carbocycles. The van der Waals surface area contributed by atoms with Crippen molar-refractivity contribution in [2.45, 2.75) is 65.2 Å². The summed E-state index contributed by atoms with van der Waals surface area (Å²) in [6.45, 7) is 10.2. The number of nitrogens with one attached hydrogen (secondary N) is 1. The molecule has 1 saturated heterocycles. The molecule has 0 radical (unpaired) electrons. The van der Waals surface area contributed by atoms with Crippen molar-refractivity contribution >= 4 is 11.8 Å². The van der Waals surface area contributed by atoms with Gasteiger partial charge >= 0.3 is 0 Å². The number of para-hydroxylation sites is 2. The Kier molecular flexibility index (Phi) is 16.6. The SMILES string of the molecule is CCCCCOc1ccccc1NC(=O)[O-].CCCC[N+]1(CCO)CCCCC1.[Br-]. The number of carboxylic acid groups (broad SMARTS) is 1. The van der Waals surface area contributed by atoms with Crippen LogP contribution in [0.1, 0.15) is 65.2 Å². The Morgan fingerprint density at radius 2 is 1.73 bits per heavy atom. The number of likely N-dealkylation sites (tertiary alicyclic amines) is 1. The molecule has 1 aromatic carbocycles. The van der Waals surface area contributed by atoms with E-state index < -0.39 is 6.09 Å². The van der Waals surface area contributed by atoms with E-state index in [1.807, 2.05) is 0 Å². The molecule has 1 fully saturated rings. The minimum Gasteiger partial charge on any atom is -1.00 e. The zero-order chi connectivity index (χ0) is 21.4. The predicted molar refractivity (Wildman–Crippen MR) is 116 cm³/mol. The maximum Gasteiger partial charge on any atom is 0.142 e. The molecule has 1 amide bonds. The minimum absolute atomic E-state index is 0. The highest BCUT2D eigenvalue weighted by Gasteiger charge is 2.28. The number of rotatable bonds is 11. The highest BCUT2D eigenvalue weighted by Crippen LogP contribution is 2.23. The number of anilines is 1. The molecule has 0 bridgehead atoms. The lowest BCUT2D eigenvalue weighted by Gasteiger charge is -2.41. The van der Waals surface area contributed by atoms with Crippen LogP contribution in [0.5, 0.6) is 5.75 Å². The summed E-state index contributed by atoms with van der Waals surface area (Å²) in [7, 11) is 0. The standard InChI is InChI=1S/C12H17NO3.C11H24NO.BrH/c1-2-3-6-9-16-11-8-5-4-7-10(11)13-12(14)15;1-2-3-7-12(10-11-13)8-5-4-6-9-12;/h4-5,7-8,13H,2-3,6,9H2,1H3,(H,14,15);13H,2-11H2,1H3;1H/q;+1;/p-2. The number of amides is 1. The lowest BCUT2D eigenvalue weighted by molar-refractivity contribution is -0.932. The van der Waals surface area contributed by atoms with Crippen molar-refractivity contribution in [3.05, 3.63) is 24.3 Å². The highest BCUT2D eigenvalue weighted by atomic mass is 79.9. The third-order valence-corrected chi connectivity index (χ3v) is 5.45. The first kappa shape index (κ1) is 28.7. The van der Waals surface area contributed by atoms with Gasteiger partial charge in [-0.15, -0.1) is 0 Å². The Hall–Kier alpha value is -1.31. The Balaban J connectivity index is 0.000000553. The first-order valence-corrected chi connectivity index (χ1v) is 11.2. The van der Waals surface area contributed by atoms with Crippen molar-refractivity contribution < 1.29 is 41.2 Å². The number of carbonyl (C=O) groups is 1. The highest BCUT2D eigenvalue weighted by molar-refractivity contribution is 5.83. The number of benzene rings is 1. The minimum atomic E-state index is -1.33. The fraction of sp³-hybridized carbons (Fsp3) is 0.696. The van der Waals surface area contributed by atoms with Gasteiger partial charge in [-0.2, -0.15) is 0 Å². The van der Waals surface area contributed by atoms with E-state index in [1.165, 1.54) is 56.2 Å². The van der Waals surface area contributed by atoms with Crippen molar-refractivity contribution in [1.82, 2.24) is 0 Å². The summed E-state index contributed by atoms with van der Waals surface area (Å²) in [6, 6.07) is 6.92. The topological polar surface area (TPSA) is 81.6 Å². The van der Waals surface area contributed by atoms with Gasteiger partial charge in [-0.25, -0.2) is 0 Å². The van der Waals surface area contributed by atoms with Gasteiger partial charge in [0.05, 0.1) is 38.5 Å². The summed E-state index contributed by atoms with van der Waals surface area (Å²) >= 11 is 0. The third kappa shape index (κ3) is 11.8. The van der Waals surface area contributed by atoms with Gasteiger partial charge in [0.15, 0.2) is 0 Å². The lowest BCUT2D eigenvalue weighted by Crippen LogP contribution is -3.00. The second-order valence-corrected chi connectivity index (χ2v) is 7.84. The Morgan fingerprint density at radius 3 is 2.33 bits per heavy atom. The first-order chi connectivity index (χ1) is 14.1. The number of quaternary nitrogens is 1. The molecule has 2 rings (SSSR count). The van der Waals surface area contributed by atoms with Crippen LogP contribution >= 0.6 is 0 Å². The van der Waals surface area contributed by atoms with Gasteiger partial charge in [-0.3, -0.25) is 0 Å². The van der Waals surface area contributed by atoms with Crippen LogP contribution in [-0.2, 0) is 0 Å². The molecule has 7 heteroatoms. The molecule has 0 unspecified atom stereocenters. The van der Waals surface area contributed by atoms with E-state index in [2.05, 4.69) is 19.2 Å². The molecule has 0 atom stereocenters. The number of hydrogen-bond acceptors (Lipinski definition) is 4. The maximum atomic E-state index is 10.4. The van der Waals surface area contributed by atoms with Crippen LogP contribution in [0.15, 0.2) is 24.3 Å². The molecule has 6 nitrogen and oxygen atoms in total. The van der Waals surface area contributed by atoms with E-state index in [0.717, 1.165) is 25.8 Å². The second-order valence-electron chi connectivity index (χ2n) is 7.84. The largest absolute Gasteiger partial charge is 1.00 e. The lowest BCUT2D eigenvalue weighted by atomic mass is 10.1. The molecule has 0 saturated carbocycles. The van der Waals surface area contributed by atoms with Gasteiger partial charge in [0.25, 0.3) is 0 Å². The zero-order valence-corrected chi connectivity index (χ0v) is 20.3. The van der Waals surface area contributed by atoms with E-state index in [4.69, 9.17) is 9.84 Å². The van der Waals surface area contributed by atoms with Crippen molar-refractivity contribution in [3.63, 3.8) is 0 Å². The van der Waals surface area contributed by atoms with Crippen LogP contribution in [0.2, 0.25) is 0 Å². The number of piperidine rings is 1. The number of hydrogen-bond donors (Lipinski definition) is 2. The average molecular weight is 488 g/mol. The van der Waals surface area contributed by atoms with E-state index in [-0.39, 0.29) is 17.0 Å². The molecule has 2 N–H and O–H groups in total. The fourth-order valence-electron chi connectivity index (χ4n) is 3.79. The van der Waals surface area contributed by atoms with Gasteiger partial charge in [0.1, 0.15) is 18.4 Å². The molecular formula is C23H40BrN2O4-. The molecule has 1 aliphatic rings. The van der Waals surface area contributed by atoms with Gasteiger partial charge in [-0.05, 0) is 44.2 Å². The van der Waals surface area contributed by atoms with Crippen LogP contribution in [0.25, 0.3) is 0 Å². The monoisotopic (exact) mass is 487 g/mol. The molecule has 1 aliphatic heterocycles. The zero-order valence-electron chi connectivity index (χ0n) is 18.7. The van der Waals surface area contributed by atoms with E-state index in [1.54, 1.807) is 24.3 Å². The first-order valence-electron chi connectivity index (χ1n) is 11.2. The average Bonchev–Trinajstić information content (AvgIpc) is 2.72.